The quantitative estimate of drug-likeness (QED) is 0.407. The van der Waals surface area contributed by atoms with Crippen LogP contribution in [-0.4, -0.2) is 16.6 Å². The van der Waals surface area contributed by atoms with Crippen LogP contribution < -0.4 is 10.1 Å². The predicted octanol–water partition coefficient (Wildman–Crippen LogP) is 2.69. The summed E-state index contributed by atoms with van der Waals surface area (Å²) in [6.07, 6.45) is 1.06. The summed E-state index contributed by atoms with van der Waals surface area (Å²) in [5, 5.41) is 13.2. The number of fused-ring (bicyclic) bond motifs is 1. The third kappa shape index (κ3) is 2.93. The molecule has 0 saturated heterocycles. The lowest BCUT2D eigenvalue weighted by molar-refractivity contribution is -0.384. The first-order valence-corrected chi connectivity index (χ1v) is 6.63. The maximum atomic E-state index is 12.1. The molecule has 1 aliphatic heterocycles. The normalized spacial score (nSPS) is 14.6. The monoisotopic (exact) mass is 310 g/mol. The molecule has 2 aromatic rings. The number of carbonyl (C=O) groups is 2. The Balaban J connectivity index is 1.85. The summed E-state index contributed by atoms with van der Waals surface area (Å²) in [6.45, 7) is 0. The van der Waals surface area contributed by atoms with Crippen LogP contribution in [-0.2, 0) is 4.79 Å². The molecule has 0 unspecified atom stereocenters. The molecular weight excluding hydrogens is 300 g/mol. The third-order valence-electron chi connectivity index (χ3n) is 3.20. The number of non-ortho nitro benzene ring substituents is 1. The molecule has 1 N–H and O–H groups in total. The Bertz CT molecular complexity index is 840. The zero-order chi connectivity index (χ0) is 16.4. The van der Waals surface area contributed by atoms with Gasteiger partial charge in [0.05, 0.1) is 10.6 Å². The van der Waals surface area contributed by atoms with Crippen molar-refractivity contribution in [3.05, 3.63) is 76.0 Å². The van der Waals surface area contributed by atoms with E-state index in [1.165, 1.54) is 24.3 Å². The van der Waals surface area contributed by atoms with Gasteiger partial charge in [-0.3, -0.25) is 19.7 Å². The van der Waals surface area contributed by atoms with E-state index in [1.807, 2.05) is 0 Å². The molecule has 0 bridgehead atoms. The summed E-state index contributed by atoms with van der Waals surface area (Å²) < 4.78 is 5.42. The van der Waals surface area contributed by atoms with E-state index in [2.05, 4.69) is 5.32 Å². The number of ketones is 1. The van der Waals surface area contributed by atoms with Crippen LogP contribution in [0.3, 0.4) is 0 Å². The van der Waals surface area contributed by atoms with Crippen LogP contribution in [0.25, 0.3) is 0 Å². The molecule has 0 aromatic heterocycles. The van der Waals surface area contributed by atoms with Gasteiger partial charge in [-0.1, -0.05) is 12.1 Å². The molecule has 114 valence electrons. The van der Waals surface area contributed by atoms with Gasteiger partial charge in [-0.25, -0.2) is 0 Å². The number of amides is 1. The average molecular weight is 310 g/mol. The molecule has 0 saturated carbocycles. The number of para-hydroxylation sites is 2. The van der Waals surface area contributed by atoms with Crippen LogP contribution in [0.1, 0.15) is 10.4 Å². The van der Waals surface area contributed by atoms with Gasteiger partial charge in [-0.15, -0.1) is 0 Å². The predicted molar refractivity (Wildman–Crippen MR) is 81.2 cm³/mol. The van der Waals surface area contributed by atoms with E-state index in [0.717, 1.165) is 6.08 Å². The molecule has 7 nitrogen and oxygen atoms in total. The fourth-order valence-electron chi connectivity index (χ4n) is 2.05. The number of hydrogen-bond donors (Lipinski definition) is 1. The molecule has 7 heteroatoms. The minimum atomic E-state index is -0.554. The third-order valence-corrected chi connectivity index (χ3v) is 3.20. The van der Waals surface area contributed by atoms with Crippen LogP contribution in [0.5, 0.6) is 5.75 Å². The molecule has 0 fully saturated rings. The number of ether oxygens (including phenoxy) is 1. The van der Waals surface area contributed by atoms with E-state index in [0.29, 0.717) is 11.4 Å². The van der Waals surface area contributed by atoms with Crippen molar-refractivity contribution in [3.8, 4) is 5.75 Å². The van der Waals surface area contributed by atoms with Crippen molar-refractivity contribution in [3.63, 3.8) is 0 Å². The van der Waals surface area contributed by atoms with Gasteiger partial charge in [-0.2, -0.15) is 0 Å². The number of benzene rings is 2. The van der Waals surface area contributed by atoms with Crippen LogP contribution in [0.4, 0.5) is 11.4 Å². The van der Waals surface area contributed by atoms with E-state index in [9.17, 15) is 19.7 Å². The van der Waals surface area contributed by atoms with Crippen molar-refractivity contribution in [2.45, 2.75) is 0 Å². The molecule has 0 atom stereocenters. The Morgan fingerprint density at radius 2 is 1.83 bits per heavy atom. The summed E-state index contributed by atoms with van der Waals surface area (Å²) in [5.74, 6) is -0.703. The van der Waals surface area contributed by atoms with E-state index >= 15 is 0 Å². The Morgan fingerprint density at radius 3 is 2.52 bits per heavy atom. The van der Waals surface area contributed by atoms with Crippen molar-refractivity contribution >= 4 is 23.1 Å². The van der Waals surface area contributed by atoms with Gasteiger partial charge in [0.2, 0.25) is 0 Å². The second kappa shape index (κ2) is 5.72. The fourth-order valence-corrected chi connectivity index (χ4v) is 2.05. The van der Waals surface area contributed by atoms with Crippen molar-refractivity contribution < 1.29 is 19.2 Å². The lowest BCUT2D eigenvalue weighted by atomic mass is 10.1. The van der Waals surface area contributed by atoms with Crippen LogP contribution in [0.2, 0.25) is 0 Å². The smallest absolute Gasteiger partial charge is 0.291 e. The summed E-state index contributed by atoms with van der Waals surface area (Å²) in [6, 6.07) is 11.9. The Hall–Kier alpha value is -3.48. The fraction of sp³-hybridized carbons (Fsp3) is 0. The highest BCUT2D eigenvalue weighted by molar-refractivity contribution is 6.13. The molecule has 0 aliphatic carbocycles. The summed E-state index contributed by atoms with van der Waals surface area (Å²) >= 11 is 0. The molecule has 1 aliphatic rings. The highest BCUT2D eigenvalue weighted by Crippen LogP contribution is 2.30. The first-order chi connectivity index (χ1) is 11.0. The summed E-state index contributed by atoms with van der Waals surface area (Å²) in [7, 11) is 0. The second-order valence-corrected chi connectivity index (χ2v) is 4.73. The first kappa shape index (κ1) is 14.5. The number of anilines is 1. The summed E-state index contributed by atoms with van der Waals surface area (Å²) in [4.78, 5) is 34.1. The Kier molecular flexibility index (Phi) is 3.60. The lowest BCUT2D eigenvalue weighted by Crippen LogP contribution is -2.24. The molecular formula is C16H10N2O5. The largest absolute Gasteiger partial charge is 0.449 e. The van der Waals surface area contributed by atoms with Crippen molar-refractivity contribution in [2.24, 2.45) is 0 Å². The molecule has 23 heavy (non-hydrogen) atoms. The van der Waals surface area contributed by atoms with Gasteiger partial charge in [0.1, 0.15) is 0 Å². The van der Waals surface area contributed by atoms with Crippen molar-refractivity contribution in [2.75, 3.05) is 5.32 Å². The van der Waals surface area contributed by atoms with Crippen LogP contribution in [0, 0.1) is 10.1 Å². The van der Waals surface area contributed by atoms with Gasteiger partial charge in [0, 0.05) is 23.8 Å². The lowest BCUT2D eigenvalue weighted by Gasteiger charge is -2.19. The second-order valence-electron chi connectivity index (χ2n) is 4.73. The average Bonchev–Trinajstić information content (AvgIpc) is 2.55. The molecule has 0 radical (unpaired) electrons. The van der Waals surface area contributed by atoms with E-state index < -0.39 is 16.6 Å². The number of rotatable bonds is 3. The number of nitro benzene ring substituents is 1. The topological polar surface area (TPSA) is 98.5 Å². The van der Waals surface area contributed by atoms with Crippen molar-refractivity contribution in [1.82, 2.24) is 0 Å². The maximum Gasteiger partial charge on any atom is 0.291 e. The zero-order valence-electron chi connectivity index (χ0n) is 11.7. The van der Waals surface area contributed by atoms with Crippen molar-refractivity contribution in [1.29, 1.82) is 0 Å². The number of hydrogen-bond acceptors (Lipinski definition) is 5. The Morgan fingerprint density at radius 1 is 1.13 bits per heavy atom. The summed E-state index contributed by atoms with van der Waals surface area (Å²) in [5.41, 5.74) is 0.630. The number of allylic oxidation sites excluding steroid dienone is 1. The standard InChI is InChI=1S/C16H10N2O5/c19-13(10-5-7-11(8-6-10)18(21)22)9-15-16(20)17-12-3-1-2-4-14(12)23-15/h1-9H,(H,17,20)/b15-9+. The van der Waals surface area contributed by atoms with Crippen LogP contribution >= 0.6 is 0 Å². The minimum Gasteiger partial charge on any atom is -0.449 e. The number of nitrogens with zero attached hydrogens (tertiary/aromatic N) is 1. The van der Waals surface area contributed by atoms with Crippen LogP contribution in [0.15, 0.2) is 60.4 Å². The molecule has 0 spiro atoms. The van der Waals surface area contributed by atoms with E-state index in [4.69, 9.17) is 4.74 Å². The molecule has 1 heterocycles. The number of carbonyl (C=O) groups excluding carboxylic acids is 2. The molecule has 3 rings (SSSR count). The Labute approximate surface area is 130 Å². The van der Waals surface area contributed by atoms with Gasteiger partial charge in [-0.05, 0) is 24.3 Å². The van der Waals surface area contributed by atoms with Gasteiger partial charge in [0.15, 0.2) is 17.3 Å². The number of nitrogens with one attached hydrogen (secondary N) is 1. The van der Waals surface area contributed by atoms with Gasteiger partial charge in [0.25, 0.3) is 11.6 Å². The minimum absolute atomic E-state index is 0.116. The van der Waals surface area contributed by atoms with E-state index in [-0.39, 0.29) is 17.0 Å². The number of nitro groups is 1. The highest BCUT2D eigenvalue weighted by Gasteiger charge is 2.22. The first-order valence-electron chi connectivity index (χ1n) is 6.63. The van der Waals surface area contributed by atoms with Gasteiger partial charge >= 0.3 is 0 Å². The zero-order valence-corrected chi connectivity index (χ0v) is 11.7. The van der Waals surface area contributed by atoms with Gasteiger partial charge < -0.3 is 10.1 Å². The molecule has 2 aromatic carbocycles. The SMILES string of the molecule is O=C1Nc2ccccc2O/C1=C/C(=O)c1ccc([N+](=O)[O-])cc1. The molecule has 1 amide bonds. The highest BCUT2D eigenvalue weighted by atomic mass is 16.6. The van der Waals surface area contributed by atoms with E-state index in [1.54, 1.807) is 24.3 Å². The maximum absolute atomic E-state index is 12.1.